The number of esters is 1. The van der Waals surface area contributed by atoms with Gasteiger partial charge in [-0.1, -0.05) is 6.07 Å². The van der Waals surface area contributed by atoms with E-state index in [-0.39, 0.29) is 43.0 Å². The lowest BCUT2D eigenvalue weighted by Crippen LogP contribution is -2.54. The highest BCUT2D eigenvalue weighted by Gasteiger charge is 2.45. The van der Waals surface area contributed by atoms with Crippen LogP contribution in [0.1, 0.15) is 40.0 Å². The number of anilines is 1. The Morgan fingerprint density at radius 2 is 1.69 bits per heavy atom. The Kier molecular flexibility index (Phi) is 9.70. The molecule has 0 saturated carbocycles. The second kappa shape index (κ2) is 12.9. The number of nitrogens with one attached hydrogen (secondary N) is 2. The molecule has 1 fully saturated rings. The second-order valence-corrected chi connectivity index (χ2v) is 7.77. The van der Waals surface area contributed by atoms with Gasteiger partial charge in [-0.25, -0.2) is 0 Å². The van der Waals surface area contributed by atoms with Crippen LogP contribution < -0.4 is 10.6 Å². The molecule has 2 N–H and O–H groups in total. The normalized spacial score (nSPS) is 17.4. The van der Waals surface area contributed by atoms with E-state index < -0.39 is 29.7 Å². The van der Waals surface area contributed by atoms with Crippen molar-refractivity contribution in [2.24, 2.45) is 0 Å². The second-order valence-electron chi connectivity index (χ2n) is 7.77. The van der Waals surface area contributed by atoms with Crippen molar-refractivity contribution in [2.45, 2.75) is 25.3 Å². The molecule has 1 atom stereocenters. The molecule has 2 heterocycles. The SMILES string of the molecule is COC(=O)CCOCCOCCOCCNc1cccc2c1C(=O)N(C1CCC(=O)NC1=O)C2=O. The van der Waals surface area contributed by atoms with Gasteiger partial charge in [0.25, 0.3) is 11.8 Å². The van der Waals surface area contributed by atoms with Crippen molar-refractivity contribution in [1.29, 1.82) is 0 Å². The molecule has 2 aliphatic rings. The summed E-state index contributed by atoms with van der Waals surface area (Å²) >= 11 is 0. The van der Waals surface area contributed by atoms with Crippen LogP contribution in [0, 0.1) is 0 Å². The molecule has 190 valence electrons. The zero-order valence-electron chi connectivity index (χ0n) is 19.5. The van der Waals surface area contributed by atoms with Gasteiger partial charge in [0.05, 0.1) is 64.3 Å². The molecule has 3 rings (SSSR count). The van der Waals surface area contributed by atoms with E-state index in [4.69, 9.17) is 14.2 Å². The topological polar surface area (TPSA) is 150 Å². The van der Waals surface area contributed by atoms with Gasteiger partial charge < -0.3 is 24.3 Å². The van der Waals surface area contributed by atoms with Crippen LogP contribution in [0.15, 0.2) is 18.2 Å². The highest BCUT2D eigenvalue weighted by Crippen LogP contribution is 2.32. The zero-order chi connectivity index (χ0) is 25.2. The fourth-order valence-corrected chi connectivity index (χ4v) is 3.72. The molecule has 12 nitrogen and oxygen atoms in total. The van der Waals surface area contributed by atoms with Crippen molar-refractivity contribution in [3.05, 3.63) is 29.3 Å². The molecule has 0 radical (unpaired) electrons. The first-order valence-corrected chi connectivity index (χ1v) is 11.3. The average Bonchev–Trinajstić information content (AvgIpc) is 3.10. The lowest BCUT2D eigenvalue weighted by Gasteiger charge is -2.27. The molecular formula is C23H29N3O9. The highest BCUT2D eigenvalue weighted by molar-refractivity contribution is 6.25. The number of ether oxygens (including phenoxy) is 4. The van der Waals surface area contributed by atoms with Crippen LogP contribution in [0.3, 0.4) is 0 Å². The maximum atomic E-state index is 13.0. The lowest BCUT2D eigenvalue weighted by molar-refractivity contribution is -0.142. The first-order valence-electron chi connectivity index (χ1n) is 11.3. The van der Waals surface area contributed by atoms with Gasteiger partial charge in [0.2, 0.25) is 11.8 Å². The minimum atomic E-state index is -1.01. The number of hydrogen-bond donors (Lipinski definition) is 2. The van der Waals surface area contributed by atoms with Crippen LogP contribution in [-0.2, 0) is 33.3 Å². The Balaban J connectivity index is 1.37. The average molecular weight is 491 g/mol. The van der Waals surface area contributed by atoms with Gasteiger partial charge in [-0.05, 0) is 18.6 Å². The lowest BCUT2D eigenvalue weighted by atomic mass is 10.0. The summed E-state index contributed by atoms with van der Waals surface area (Å²) in [6, 6.07) is 3.87. The summed E-state index contributed by atoms with van der Waals surface area (Å²) in [7, 11) is 1.32. The third-order valence-corrected chi connectivity index (χ3v) is 5.45. The molecule has 1 unspecified atom stereocenters. The molecule has 4 amide bonds. The van der Waals surface area contributed by atoms with Crippen LogP contribution in [0.25, 0.3) is 0 Å². The molecule has 12 heteroatoms. The molecule has 0 bridgehead atoms. The number of amides is 4. The third-order valence-electron chi connectivity index (χ3n) is 5.45. The van der Waals surface area contributed by atoms with Crippen molar-refractivity contribution < 1.29 is 42.9 Å². The Bertz CT molecular complexity index is 966. The van der Waals surface area contributed by atoms with Crippen LogP contribution >= 0.6 is 0 Å². The number of hydrogen-bond acceptors (Lipinski definition) is 10. The van der Waals surface area contributed by atoms with Gasteiger partial charge >= 0.3 is 5.97 Å². The van der Waals surface area contributed by atoms with Gasteiger partial charge in [0.15, 0.2) is 0 Å². The summed E-state index contributed by atoms with van der Waals surface area (Å²) in [6.45, 7) is 2.46. The standard InChI is InChI=1S/C23H29N3O9/c1-32-19(28)7-9-33-11-13-35-14-12-34-10-8-24-16-4-2-3-15-20(16)23(31)26(22(15)30)17-5-6-18(27)25-21(17)29/h2-4,17,24H,5-14H2,1H3,(H,25,27,29). The zero-order valence-corrected chi connectivity index (χ0v) is 19.5. The smallest absolute Gasteiger partial charge is 0.307 e. The number of imide groups is 2. The van der Waals surface area contributed by atoms with Crippen molar-refractivity contribution in [1.82, 2.24) is 10.2 Å². The van der Waals surface area contributed by atoms with E-state index in [0.717, 1.165) is 4.90 Å². The van der Waals surface area contributed by atoms with Crippen LogP contribution in [0.4, 0.5) is 5.69 Å². The van der Waals surface area contributed by atoms with E-state index in [9.17, 15) is 24.0 Å². The Labute approximate surface area is 202 Å². The van der Waals surface area contributed by atoms with Crippen molar-refractivity contribution in [2.75, 3.05) is 58.6 Å². The van der Waals surface area contributed by atoms with E-state index in [2.05, 4.69) is 15.4 Å². The molecule has 0 spiro atoms. The fourth-order valence-electron chi connectivity index (χ4n) is 3.72. The van der Waals surface area contributed by atoms with Crippen molar-refractivity contribution >= 4 is 35.3 Å². The summed E-state index contributed by atoms with van der Waals surface area (Å²) in [4.78, 5) is 61.3. The number of methoxy groups -OCH3 is 1. The maximum absolute atomic E-state index is 13.0. The molecule has 35 heavy (non-hydrogen) atoms. The van der Waals surface area contributed by atoms with Crippen LogP contribution in [0.2, 0.25) is 0 Å². The van der Waals surface area contributed by atoms with E-state index in [1.54, 1.807) is 18.2 Å². The first kappa shape index (κ1) is 26.3. The molecule has 1 saturated heterocycles. The minimum absolute atomic E-state index is 0.0678. The van der Waals surface area contributed by atoms with Crippen molar-refractivity contribution in [3.63, 3.8) is 0 Å². The minimum Gasteiger partial charge on any atom is -0.469 e. The van der Waals surface area contributed by atoms with E-state index in [1.807, 2.05) is 0 Å². The predicted octanol–water partition coefficient (Wildman–Crippen LogP) is 0.113. The monoisotopic (exact) mass is 491 g/mol. The molecule has 1 aromatic rings. The van der Waals surface area contributed by atoms with E-state index in [0.29, 0.717) is 45.3 Å². The summed E-state index contributed by atoms with van der Waals surface area (Å²) in [5, 5.41) is 5.28. The Hall–Kier alpha value is -3.35. The van der Waals surface area contributed by atoms with Gasteiger partial charge in [-0.15, -0.1) is 0 Å². The quantitative estimate of drug-likeness (QED) is 0.209. The summed E-state index contributed by atoms with van der Waals surface area (Å²) in [5.74, 6) is -2.50. The van der Waals surface area contributed by atoms with Gasteiger partial charge in [-0.3, -0.25) is 34.2 Å². The van der Waals surface area contributed by atoms with E-state index >= 15 is 0 Å². The Morgan fingerprint density at radius 3 is 2.37 bits per heavy atom. The molecule has 0 aromatic heterocycles. The molecule has 0 aliphatic carbocycles. The van der Waals surface area contributed by atoms with Crippen LogP contribution in [0.5, 0.6) is 0 Å². The van der Waals surface area contributed by atoms with Crippen molar-refractivity contribution in [3.8, 4) is 0 Å². The highest BCUT2D eigenvalue weighted by atomic mass is 16.5. The number of nitrogens with zero attached hydrogens (tertiary/aromatic N) is 1. The molecular weight excluding hydrogens is 462 g/mol. The summed E-state index contributed by atoms with van der Waals surface area (Å²) in [5.41, 5.74) is 0.894. The Morgan fingerprint density at radius 1 is 1.00 bits per heavy atom. The van der Waals surface area contributed by atoms with Crippen LogP contribution in [-0.4, -0.2) is 93.8 Å². The van der Waals surface area contributed by atoms with E-state index in [1.165, 1.54) is 7.11 Å². The molecule has 2 aliphatic heterocycles. The first-order chi connectivity index (χ1) is 16.9. The van der Waals surface area contributed by atoms with Gasteiger partial charge in [-0.2, -0.15) is 0 Å². The molecule has 1 aromatic carbocycles. The van der Waals surface area contributed by atoms with Gasteiger partial charge in [0, 0.05) is 18.7 Å². The number of fused-ring (bicyclic) bond motifs is 1. The third kappa shape index (κ3) is 6.84. The summed E-state index contributed by atoms with van der Waals surface area (Å²) in [6.07, 6.45) is 0.374. The largest absolute Gasteiger partial charge is 0.469 e. The fraction of sp³-hybridized carbons (Fsp3) is 0.522. The van der Waals surface area contributed by atoms with Gasteiger partial charge in [0.1, 0.15) is 6.04 Å². The number of carbonyl (C=O) groups excluding carboxylic acids is 5. The maximum Gasteiger partial charge on any atom is 0.307 e. The number of piperidine rings is 1. The number of benzene rings is 1. The number of rotatable bonds is 14. The summed E-state index contributed by atoms with van der Waals surface area (Å²) < 4.78 is 20.6. The number of carbonyl (C=O) groups is 5. The predicted molar refractivity (Wildman–Crippen MR) is 121 cm³/mol.